The number of H-pyrrole nitrogens is 1. The van der Waals surface area contributed by atoms with Crippen LogP contribution in [0, 0.1) is 12.7 Å². The summed E-state index contributed by atoms with van der Waals surface area (Å²) in [6.07, 6.45) is 4.69. The first-order valence-electron chi connectivity index (χ1n) is 11.4. The fourth-order valence-corrected chi connectivity index (χ4v) is 4.14. The summed E-state index contributed by atoms with van der Waals surface area (Å²) in [5.41, 5.74) is 7.49. The number of hydrogen-bond acceptors (Lipinski definition) is 5. The van der Waals surface area contributed by atoms with Gasteiger partial charge in [0.1, 0.15) is 5.69 Å². The molecule has 0 bridgehead atoms. The third-order valence-electron chi connectivity index (χ3n) is 5.80. The molecule has 0 aliphatic carbocycles. The molecule has 1 saturated heterocycles. The first kappa shape index (κ1) is 26.2. The molecule has 33 heavy (non-hydrogen) atoms. The van der Waals surface area contributed by atoms with Crippen LogP contribution in [-0.4, -0.2) is 65.3 Å². The van der Waals surface area contributed by atoms with Gasteiger partial charge >= 0.3 is 0 Å². The number of nitrogens with one attached hydrogen (secondary N) is 1. The molecule has 2 aromatic rings. The number of nitrogens with zero attached hydrogens (tertiary/aromatic N) is 3. The lowest BCUT2D eigenvalue weighted by molar-refractivity contribution is -0.132. The van der Waals surface area contributed by atoms with Gasteiger partial charge in [-0.15, -0.1) is 0 Å². The number of halogens is 1. The highest BCUT2D eigenvalue weighted by molar-refractivity contribution is 5.99. The van der Waals surface area contributed by atoms with Gasteiger partial charge in [0, 0.05) is 63.9 Å². The zero-order valence-corrected chi connectivity index (χ0v) is 20.3. The van der Waals surface area contributed by atoms with E-state index in [1.165, 1.54) is 22.3 Å². The van der Waals surface area contributed by atoms with Crippen molar-refractivity contribution < 1.29 is 14.0 Å². The molecule has 1 aromatic heterocycles. The number of carbonyl (C=O) groups excluding carboxylic acids is 2. The Labute approximate surface area is 195 Å². The van der Waals surface area contributed by atoms with Crippen LogP contribution in [0.3, 0.4) is 0 Å². The number of nitrogens with two attached hydrogens (primary N) is 2. The molecule has 0 saturated carbocycles. The zero-order chi connectivity index (χ0) is 24.7. The molecule has 1 aliphatic heterocycles. The van der Waals surface area contributed by atoms with Crippen LogP contribution in [0.5, 0.6) is 0 Å². The predicted molar refractivity (Wildman–Crippen MR) is 130 cm³/mol. The van der Waals surface area contributed by atoms with Crippen LogP contribution in [0.2, 0.25) is 0 Å². The molecule has 3 rings (SSSR count). The van der Waals surface area contributed by atoms with Gasteiger partial charge in [0.2, 0.25) is 5.91 Å². The lowest BCUT2D eigenvalue weighted by atomic mass is 9.88. The van der Waals surface area contributed by atoms with E-state index in [4.69, 9.17) is 11.6 Å². The number of hydrogen-bond donors (Lipinski definition) is 3. The monoisotopic (exact) mass is 460 g/mol. The maximum absolute atomic E-state index is 15.5. The molecule has 0 spiro atoms. The van der Waals surface area contributed by atoms with Gasteiger partial charge in [-0.1, -0.05) is 19.9 Å². The van der Waals surface area contributed by atoms with E-state index in [2.05, 4.69) is 4.98 Å². The molecule has 182 valence electrons. The van der Waals surface area contributed by atoms with Crippen LogP contribution < -0.4 is 11.6 Å². The summed E-state index contributed by atoms with van der Waals surface area (Å²) in [5.74, 6) is 5.06. The molecule has 1 atom stereocenters. The molecule has 0 radical (unpaired) electrons. The van der Waals surface area contributed by atoms with E-state index >= 15 is 4.39 Å². The second-order valence-electron chi connectivity index (χ2n) is 8.28. The fourth-order valence-electron chi connectivity index (χ4n) is 4.14. The third-order valence-corrected chi connectivity index (χ3v) is 5.80. The van der Waals surface area contributed by atoms with Gasteiger partial charge in [0.25, 0.3) is 5.91 Å². The summed E-state index contributed by atoms with van der Waals surface area (Å²) in [7, 11) is 3.32. The van der Waals surface area contributed by atoms with Gasteiger partial charge in [-0.2, -0.15) is 0 Å². The standard InChI is InChI=1S/C22H31FN6O2.C2H6/c1-14-11-17(20(23)21-16(14)12-18(26-21)22(31)27(2)3)15-5-4-8-28(13-15)19(30)6-9-29(25)10-7-24;1-2/h7,10-12,15,26H,4-6,8-9,13,24-25H2,1-3H3;1-2H3/b10-7-;. The first-order chi connectivity index (χ1) is 15.7. The van der Waals surface area contributed by atoms with Crippen molar-refractivity contribution in [3.63, 3.8) is 0 Å². The number of aryl methyl sites for hydroxylation is 1. The van der Waals surface area contributed by atoms with E-state index in [-0.39, 0.29) is 30.0 Å². The normalized spacial score (nSPS) is 16.0. The Morgan fingerprint density at radius 3 is 2.64 bits per heavy atom. The Hall–Kier alpha value is -3.07. The molecule has 1 aromatic carbocycles. The molecular formula is C24H37FN6O2. The molecule has 2 amide bonds. The maximum Gasteiger partial charge on any atom is 0.269 e. The van der Waals surface area contributed by atoms with Crippen LogP contribution in [0.25, 0.3) is 10.9 Å². The van der Waals surface area contributed by atoms with Crippen molar-refractivity contribution in [2.75, 3.05) is 33.7 Å². The Morgan fingerprint density at radius 2 is 2.00 bits per heavy atom. The van der Waals surface area contributed by atoms with Crippen molar-refractivity contribution in [1.29, 1.82) is 0 Å². The lowest BCUT2D eigenvalue weighted by Gasteiger charge is -2.33. The van der Waals surface area contributed by atoms with E-state index in [9.17, 15) is 9.59 Å². The van der Waals surface area contributed by atoms with Crippen LogP contribution in [0.4, 0.5) is 4.39 Å². The number of aromatic amines is 1. The van der Waals surface area contributed by atoms with E-state index < -0.39 is 0 Å². The molecule has 2 heterocycles. The van der Waals surface area contributed by atoms with E-state index in [0.29, 0.717) is 41.8 Å². The number of benzene rings is 1. The smallest absolute Gasteiger partial charge is 0.269 e. The Morgan fingerprint density at radius 1 is 1.30 bits per heavy atom. The van der Waals surface area contributed by atoms with Gasteiger partial charge in [0.15, 0.2) is 5.82 Å². The summed E-state index contributed by atoms with van der Waals surface area (Å²) in [6, 6.07) is 3.55. The minimum Gasteiger partial charge on any atom is -0.403 e. The predicted octanol–water partition coefficient (Wildman–Crippen LogP) is 3.05. The van der Waals surface area contributed by atoms with Crippen molar-refractivity contribution in [1.82, 2.24) is 19.8 Å². The number of fused-ring (bicyclic) bond motifs is 1. The second-order valence-corrected chi connectivity index (χ2v) is 8.28. The maximum atomic E-state index is 15.5. The summed E-state index contributed by atoms with van der Waals surface area (Å²) < 4.78 is 15.5. The van der Waals surface area contributed by atoms with Crippen molar-refractivity contribution >= 4 is 22.7 Å². The fraction of sp³-hybridized carbons (Fsp3) is 0.500. The molecule has 8 nitrogen and oxygen atoms in total. The van der Waals surface area contributed by atoms with E-state index in [1.807, 2.05) is 26.8 Å². The summed E-state index contributed by atoms with van der Waals surface area (Å²) in [4.78, 5) is 31.1. The number of rotatable bonds is 6. The van der Waals surface area contributed by atoms with E-state index in [0.717, 1.165) is 18.4 Å². The average molecular weight is 461 g/mol. The van der Waals surface area contributed by atoms with Gasteiger partial charge < -0.3 is 25.5 Å². The van der Waals surface area contributed by atoms with Crippen LogP contribution >= 0.6 is 0 Å². The van der Waals surface area contributed by atoms with Gasteiger partial charge in [-0.05, 0) is 37.0 Å². The summed E-state index contributed by atoms with van der Waals surface area (Å²) >= 11 is 0. The number of piperidine rings is 1. The number of aromatic nitrogens is 1. The number of likely N-dealkylation sites (tertiary alicyclic amines) is 1. The second kappa shape index (κ2) is 11.7. The van der Waals surface area contributed by atoms with Gasteiger partial charge in [-0.3, -0.25) is 9.59 Å². The zero-order valence-electron chi connectivity index (χ0n) is 20.3. The molecule has 9 heteroatoms. The lowest BCUT2D eigenvalue weighted by Crippen LogP contribution is -2.41. The highest BCUT2D eigenvalue weighted by atomic mass is 19.1. The largest absolute Gasteiger partial charge is 0.403 e. The molecular weight excluding hydrogens is 423 g/mol. The topological polar surface area (TPSA) is 112 Å². The number of carbonyl (C=O) groups is 2. The van der Waals surface area contributed by atoms with Crippen LogP contribution in [0.15, 0.2) is 24.5 Å². The molecule has 1 aliphatic rings. The summed E-state index contributed by atoms with van der Waals surface area (Å²) in [5, 5.41) is 2.07. The quantitative estimate of drug-likeness (QED) is 0.453. The van der Waals surface area contributed by atoms with Gasteiger partial charge in [0.05, 0.1) is 5.52 Å². The van der Waals surface area contributed by atoms with Crippen molar-refractivity contribution in [3.05, 3.63) is 47.2 Å². The molecule has 5 N–H and O–H groups in total. The number of hydrazine groups is 1. The van der Waals surface area contributed by atoms with Crippen molar-refractivity contribution in [3.8, 4) is 0 Å². The Balaban J connectivity index is 0.00000187. The van der Waals surface area contributed by atoms with Crippen molar-refractivity contribution in [2.45, 2.75) is 46.0 Å². The van der Waals surface area contributed by atoms with E-state index in [1.54, 1.807) is 25.1 Å². The minimum absolute atomic E-state index is 0.0116. The Kier molecular flexibility index (Phi) is 9.28. The summed E-state index contributed by atoms with van der Waals surface area (Å²) in [6.45, 7) is 7.38. The number of amides is 2. The minimum atomic E-state index is -0.348. The van der Waals surface area contributed by atoms with Crippen LogP contribution in [-0.2, 0) is 4.79 Å². The highest BCUT2D eigenvalue weighted by Gasteiger charge is 2.28. The highest BCUT2D eigenvalue weighted by Crippen LogP contribution is 2.34. The molecule has 1 fully saturated rings. The van der Waals surface area contributed by atoms with Gasteiger partial charge in [-0.25, -0.2) is 10.2 Å². The SMILES string of the molecule is CC.Cc1cc(C2CCCN(C(=O)CCN(N)/C=C\N)C2)c(F)c2[nH]c(C(=O)N(C)C)cc12. The first-order valence-corrected chi connectivity index (χ1v) is 11.4. The Bertz CT molecular complexity index is 1000. The average Bonchev–Trinajstić information content (AvgIpc) is 3.27. The molecule has 1 unspecified atom stereocenters. The van der Waals surface area contributed by atoms with Crippen LogP contribution in [0.1, 0.15) is 60.6 Å². The van der Waals surface area contributed by atoms with Crippen molar-refractivity contribution in [2.24, 2.45) is 11.6 Å². The third kappa shape index (κ3) is 6.04.